The van der Waals surface area contributed by atoms with E-state index in [0.717, 1.165) is 16.7 Å². The zero-order valence-corrected chi connectivity index (χ0v) is 10.4. The Balaban J connectivity index is 2.28. The number of allylic oxidation sites excluding steroid dienone is 6. The summed E-state index contributed by atoms with van der Waals surface area (Å²) in [6.07, 6.45) is 11.8. The van der Waals surface area contributed by atoms with Crippen molar-refractivity contribution in [3.8, 4) is 0 Å². The summed E-state index contributed by atoms with van der Waals surface area (Å²) in [5, 5.41) is 0. The number of amides is 4. The Morgan fingerprint density at radius 2 is 1.47 bits per heavy atom. The number of carbonyl (C=O) groups is 2. The maximum atomic E-state index is 11.1. The van der Waals surface area contributed by atoms with Crippen LogP contribution in [0.4, 0.5) is 9.59 Å². The monoisotopic (exact) mass is 258 g/mol. The molecule has 0 aromatic rings. The van der Waals surface area contributed by atoms with E-state index in [1.807, 2.05) is 6.92 Å². The van der Waals surface area contributed by atoms with E-state index in [-0.39, 0.29) is 0 Å². The lowest BCUT2D eigenvalue weighted by Crippen LogP contribution is -2.28. The maximum Gasteiger partial charge on any atom is 0.322 e. The average molecular weight is 258 g/mol. The Morgan fingerprint density at radius 1 is 0.947 bits per heavy atom. The molecule has 2 heterocycles. The Morgan fingerprint density at radius 3 is 1.95 bits per heavy atom. The Kier molecular flexibility index (Phi) is 3.24. The number of rotatable bonds is 0. The second-order valence-electron chi connectivity index (χ2n) is 4.12. The van der Waals surface area contributed by atoms with Crippen LogP contribution in [0.5, 0.6) is 0 Å². The van der Waals surface area contributed by atoms with Crippen molar-refractivity contribution < 1.29 is 9.59 Å². The minimum Gasteiger partial charge on any atom is -0.351 e. The molecule has 6 nitrogen and oxygen atoms in total. The molecule has 0 aliphatic carbocycles. The molecule has 0 saturated carbocycles. The second-order valence-corrected chi connectivity index (χ2v) is 4.12. The molecule has 0 aromatic heterocycles. The zero-order valence-electron chi connectivity index (χ0n) is 10.4. The molecule has 4 amide bonds. The molecule has 2 aliphatic rings. The van der Waals surface area contributed by atoms with Gasteiger partial charge in [-0.05, 0) is 41.9 Å². The van der Waals surface area contributed by atoms with Crippen molar-refractivity contribution in [3.05, 3.63) is 59.7 Å². The molecule has 0 bridgehead atoms. The van der Waals surface area contributed by atoms with Crippen LogP contribution in [0.25, 0.3) is 0 Å². The van der Waals surface area contributed by atoms with Gasteiger partial charge in [-0.15, -0.1) is 0 Å². The first kappa shape index (κ1) is 12.7. The van der Waals surface area contributed by atoms with E-state index in [1.165, 1.54) is 9.80 Å². The highest BCUT2D eigenvalue weighted by atomic mass is 16.2. The molecular formula is C13H14N4O2. The van der Waals surface area contributed by atoms with Crippen LogP contribution in [0.1, 0.15) is 6.92 Å². The smallest absolute Gasteiger partial charge is 0.322 e. The van der Waals surface area contributed by atoms with Gasteiger partial charge in [0, 0.05) is 24.8 Å². The third kappa shape index (κ3) is 2.57. The van der Waals surface area contributed by atoms with Gasteiger partial charge in [0.1, 0.15) is 0 Å². The number of nitrogens with two attached hydrogens (primary N) is 2. The summed E-state index contributed by atoms with van der Waals surface area (Å²) in [5.74, 6) is 0. The van der Waals surface area contributed by atoms with Gasteiger partial charge in [0.25, 0.3) is 0 Å². The van der Waals surface area contributed by atoms with Crippen LogP contribution in [0, 0.1) is 0 Å². The predicted molar refractivity (Wildman–Crippen MR) is 71.0 cm³/mol. The van der Waals surface area contributed by atoms with Crippen molar-refractivity contribution in [2.75, 3.05) is 0 Å². The Bertz CT molecular complexity index is 565. The SMILES string of the molecule is CC1=CN(C(N)=O)C=CC1=C1C=CN(C(N)=O)C=C1. The molecule has 0 fully saturated rings. The molecule has 19 heavy (non-hydrogen) atoms. The topological polar surface area (TPSA) is 92.7 Å². The van der Waals surface area contributed by atoms with Crippen molar-refractivity contribution >= 4 is 12.1 Å². The maximum absolute atomic E-state index is 11.1. The van der Waals surface area contributed by atoms with Gasteiger partial charge in [0.05, 0.1) is 0 Å². The van der Waals surface area contributed by atoms with Crippen LogP contribution < -0.4 is 11.5 Å². The van der Waals surface area contributed by atoms with Crippen LogP contribution in [0.3, 0.4) is 0 Å². The van der Waals surface area contributed by atoms with Crippen LogP contribution >= 0.6 is 0 Å². The van der Waals surface area contributed by atoms with Gasteiger partial charge in [0.2, 0.25) is 0 Å². The highest BCUT2D eigenvalue weighted by Crippen LogP contribution is 2.24. The van der Waals surface area contributed by atoms with E-state index >= 15 is 0 Å². The lowest BCUT2D eigenvalue weighted by atomic mass is 9.98. The highest BCUT2D eigenvalue weighted by Gasteiger charge is 2.14. The van der Waals surface area contributed by atoms with Gasteiger partial charge in [0.15, 0.2) is 0 Å². The molecule has 0 aromatic carbocycles. The third-order valence-corrected chi connectivity index (χ3v) is 2.81. The molecular weight excluding hydrogens is 244 g/mol. The number of hydrogen-bond donors (Lipinski definition) is 2. The summed E-state index contributed by atoms with van der Waals surface area (Å²) in [6, 6.07) is -1.07. The summed E-state index contributed by atoms with van der Waals surface area (Å²) < 4.78 is 0. The standard InChI is InChI=1S/C13H14N4O2/c1-9-8-17(13(15)19)7-4-11(9)10-2-5-16(6-3-10)12(14)18/h2-8H,1H3,(H2,14,18)(H2,15,19). The molecule has 0 atom stereocenters. The number of hydrogen-bond acceptors (Lipinski definition) is 2. The van der Waals surface area contributed by atoms with Gasteiger partial charge in [-0.1, -0.05) is 0 Å². The van der Waals surface area contributed by atoms with Crippen molar-refractivity contribution in [1.82, 2.24) is 9.80 Å². The minimum absolute atomic E-state index is 0.533. The highest BCUT2D eigenvalue weighted by molar-refractivity contribution is 5.76. The average Bonchev–Trinajstić information content (AvgIpc) is 2.38. The van der Waals surface area contributed by atoms with Gasteiger partial charge in [-0.25, -0.2) is 9.59 Å². The van der Waals surface area contributed by atoms with Crippen LogP contribution in [0.15, 0.2) is 59.7 Å². The number of primary amides is 2. The van der Waals surface area contributed by atoms with E-state index in [9.17, 15) is 9.59 Å². The summed E-state index contributed by atoms with van der Waals surface area (Å²) in [4.78, 5) is 24.6. The van der Waals surface area contributed by atoms with Gasteiger partial charge in [-0.3, -0.25) is 9.80 Å². The lowest BCUT2D eigenvalue weighted by Gasteiger charge is -2.21. The Labute approximate surface area is 110 Å². The number of urea groups is 2. The van der Waals surface area contributed by atoms with E-state index in [4.69, 9.17) is 11.5 Å². The number of nitrogens with zero attached hydrogens (tertiary/aromatic N) is 2. The van der Waals surface area contributed by atoms with Gasteiger partial charge >= 0.3 is 12.1 Å². The van der Waals surface area contributed by atoms with Crippen molar-refractivity contribution in [2.24, 2.45) is 11.5 Å². The first-order chi connectivity index (χ1) is 8.99. The van der Waals surface area contributed by atoms with Crippen LogP contribution in [-0.4, -0.2) is 21.9 Å². The fourth-order valence-electron chi connectivity index (χ4n) is 1.82. The lowest BCUT2D eigenvalue weighted by molar-refractivity contribution is 0.234. The summed E-state index contributed by atoms with van der Waals surface area (Å²) in [6.45, 7) is 1.88. The van der Waals surface area contributed by atoms with E-state index in [2.05, 4.69) is 0 Å². The quantitative estimate of drug-likeness (QED) is 0.689. The summed E-state index contributed by atoms with van der Waals surface area (Å²) in [7, 11) is 0. The van der Waals surface area contributed by atoms with E-state index < -0.39 is 12.1 Å². The van der Waals surface area contributed by atoms with E-state index in [0.29, 0.717) is 0 Å². The summed E-state index contributed by atoms with van der Waals surface area (Å²) in [5.41, 5.74) is 13.1. The van der Waals surface area contributed by atoms with Crippen LogP contribution in [-0.2, 0) is 0 Å². The second kappa shape index (κ2) is 4.85. The first-order valence-electron chi connectivity index (χ1n) is 5.62. The molecule has 0 spiro atoms. The molecule has 0 radical (unpaired) electrons. The largest absolute Gasteiger partial charge is 0.351 e. The van der Waals surface area contributed by atoms with Gasteiger partial charge in [-0.2, -0.15) is 0 Å². The van der Waals surface area contributed by atoms with Crippen molar-refractivity contribution in [3.63, 3.8) is 0 Å². The molecule has 0 unspecified atom stereocenters. The third-order valence-electron chi connectivity index (χ3n) is 2.81. The van der Waals surface area contributed by atoms with Crippen molar-refractivity contribution in [2.45, 2.75) is 6.92 Å². The molecule has 0 saturated heterocycles. The Hall–Kier alpha value is -2.76. The van der Waals surface area contributed by atoms with Gasteiger partial charge < -0.3 is 11.5 Å². The first-order valence-corrected chi connectivity index (χ1v) is 5.62. The molecule has 2 rings (SSSR count). The van der Waals surface area contributed by atoms with Crippen molar-refractivity contribution in [1.29, 1.82) is 0 Å². The van der Waals surface area contributed by atoms with E-state index in [1.54, 1.807) is 43.0 Å². The summed E-state index contributed by atoms with van der Waals surface area (Å²) >= 11 is 0. The molecule has 98 valence electrons. The number of carbonyl (C=O) groups excluding carboxylic acids is 2. The molecule has 2 aliphatic heterocycles. The fraction of sp³-hybridized carbons (Fsp3) is 0.0769. The predicted octanol–water partition coefficient (Wildman–Crippen LogP) is 1.52. The zero-order chi connectivity index (χ0) is 14.0. The van der Waals surface area contributed by atoms with Crippen LogP contribution in [0.2, 0.25) is 0 Å². The minimum atomic E-state index is -0.539. The molecule has 6 heteroatoms. The normalized spacial score (nSPS) is 17.8. The fourth-order valence-corrected chi connectivity index (χ4v) is 1.82. The molecule has 4 N–H and O–H groups in total.